The van der Waals surface area contributed by atoms with Crippen LogP contribution in [-0.4, -0.2) is 33.4 Å². The predicted octanol–water partition coefficient (Wildman–Crippen LogP) is 3.62. The Morgan fingerprint density at radius 3 is 2.71 bits per heavy atom. The van der Waals surface area contributed by atoms with Crippen molar-refractivity contribution in [2.24, 2.45) is 5.92 Å². The minimum Gasteiger partial charge on any atom is -0.326 e. The van der Waals surface area contributed by atoms with Crippen LogP contribution in [0, 0.1) is 17.6 Å². The van der Waals surface area contributed by atoms with Gasteiger partial charge in [0.15, 0.2) is 0 Å². The Hall–Kier alpha value is -3.62. The van der Waals surface area contributed by atoms with Crippen molar-refractivity contribution in [1.82, 2.24) is 15.0 Å². The molecule has 1 unspecified atom stereocenters. The van der Waals surface area contributed by atoms with Crippen molar-refractivity contribution in [3.05, 3.63) is 60.3 Å². The molecule has 0 bridgehead atoms. The van der Waals surface area contributed by atoms with Crippen LogP contribution in [0.3, 0.4) is 0 Å². The Labute approximate surface area is 177 Å². The number of aromatic nitrogens is 3. The SMILES string of the molecule is CCCn1cc(-c2ccc(NC(=O)C3CC(=O)N(c4cc(F)ccc4F)C3)cc2)nn1. The first-order chi connectivity index (χ1) is 14.9. The summed E-state index contributed by atoms with van der Waals surface area (Å²) in [6.07, 6.45) is 2.75. The zero-order valence-corrected chi connectivity index (χ0v) is 16.9. The van der Waals surface area contributed by atoms with Crippen molar-refractivity contribution in [2.75, 3.05) is 16.8 Å². The monoisotopic (exact) mass is 425 g/mol. The minimum absolute atomic E-state index is 0.0103. The summed E-state index contributed by atoms with van der Waals surface area (Å²) in [5.41, 5.74) is 2.02. The van der Waals surface area contributed by atoms with E-state index in [0.29, 0.717) is 5.69 Å². The summed E-state index contributed by atoms with van der Waals surface area (Å²) in [6.45, 7) is 2.84. The molecule has 31 heavy (non-hydrogen) atoms. The number of anilines is 2. The van der Waals surface area contributed by atoms with Crippen molar-refractivity contribution in [3.63, 3.8) is 0 Å². The van der Waals surface area contributed by atoms with Gasteiger partial charge in [0, 0.05) is 36.8 Å². The van der Waals surface area contributed by atoms with Gasteiger partial charge in [-0.3, -0.25) is 14.3 Å². The summed E-state index contributed by atoms with van der Waals surface area (Å²) in [5.74, 6) is -2.79. The van der Waals surface area contributed by atoms with Crippen LogP contribution in [0.15, 0.2) is 48.7 Å². The van der Waals surface area contributed by atoms with Crippen molar-refractivity contribution in [1.29, 1.82) is 0 Å². The third kappa shape index (κ3) is 4.45. The van der Waals surface area contributed by atoms with E-state index in [4.69, 9.17) is 0 Å². The molecule has 3 aromatic rings. The van der Waals surface area contributed by atoms with Gasteiger partial charge < -0.3 is 10.2 Å². The summed E-state index contributed by atoms with van der Waals surface area (Å²) < 4.78 is 29.3. The molecule has 1 aliphatic rings. The van der Waals surface area contributed by atoms with Crippen molar-refractivity contribution in [3.8, 4) is 11.3 Å². The van der Waals surface area contributed by atoms with Gasteiger partial charge in [0.25, 0.3) is 0 Å². The third-order valence-electron chi connectivity index (χ3n) is 5.13. The van der Waals surface area contributed by atoms with Crippen LogP contribution in [-0.2, 0) is 16.1 Å². The van der Waals surface area contributed by atoms with Gasteiger partial charge >= 0.3 is 0 Å². The fraction of sp³-hybridized carbons (Fsp3) is 0.273. The summed E-state index contributed by atoms with van der Waals surface area (Å²) in [4.78, 5) is 26.0. The van der Waals surface area contributed by atoms with E-state index in [1.165, 1.54) is 0 Å². The number of hydrogen-bond donors (Lipinski definition) is 1. The molecule has 1 saturated heterocycles. The van der Waals surface area contributed by atoms with Gasteiger partial charge in [-0.15, -0.1) is 5.10 Å². The minimum atomic E-state index is -0.706. The van der Waals surface area contributed by atoms with Gasteiger partial charge in [-0.05, 0) is 30.7 Å². The first-order valence-electron chi connectivity index (χ1n) is 10.0. The Morgan fingerprint density at radius 1 is 1.19 bits per heavy atom. The molecule has 9 heteroatoms. The highest BCUT2D eigenvalue weighted by Gasteiger charge is 2.36. The number of carbonyl (C=O) groups is 2. The second kappa shape index (κ2) is 8.63. The lowest BCUT2D eigenvalue weighted by Gasteiger charge is -2.17. The Morgan fingerprint density at radius 2 is 1.97 bits per heavy atom. The predicted molar refractivity (Wildman–Crippen MR) is 111 cm³/mol. The third-order valence-corrected chi connectivity index (χ3v) is 5.13. The molecule has 2 heterocycles. The van der Waals surface area contributed by atoms with Crippen LogP contribution in [0.25, 0.3) is 11.3 Å². The van der Waals surface area contributed by atoms with Gasteiger partial charge in [-0.1, -0.05) is 24.3 Å². The van der Waals surface area contributed by atoms with E-state index in [2.05, 4.69) is 22.6 Å². The second-order valence-electron chi connectivity index (χ2n) is 7.43. The highest BCUT2D eigenvalue weighted by atomic mass is 19.1. The summed E-state index contributed by atoms with van der Waals surface area (Å²) >= 11 is 0. The Bertz CT molecular complexity index is 1110. The number of carbonyl (C=O) groups excluding carboxylic acids is 2. The molecule has 1 N–H and O–H groups in total. The number of amides is 2. The van der Waals surface area contributed by atoms with E-state index in [1.807, 2.05) is 18.3 Å². The smallest absolute Gasteiger partial charge is 0.229 e. The van der Waals surface area contributed by atoms with E-state index >= 15 is 0 Å². The highest BCUT2D eigenvalue weighted by molar-refractivity contribution is 6.03. The van der Waals surface area contributed by atoms with Crippen molar-refractivity contribution < 1.29 is 18.4 Å². The fourth-order valence-electron chi connectivity index (χ4n) is 3.55. The number of rotatable bonds is 6. The Kier molecular flexibility index (Phi) is 5.75. The molecule has 0 saturated carbocycles. The second-order valence-corrected chi connectivity index (χ2v) is 7.43. The maximum atomic E-state index is 14.0. The van der Waals surface area contributed by atoms with Gasteiger partial charge in [-0.2, -0.15) is 0 Å². The molecule has 2 aromatic carbocycles. The maximum Gasteiger partial charge on any atom is 0.229 e. The summed E-state index contributed by atoms with van der Waals surface area (Å²) in [5, 5.41) is 11.0. The number of hydrogen-bond acceptors (Lipinski definition) is 4. The molecule has 0 spiro atoms. The molecule has 0 aliphatic carbocycles. The van der Waals surface area contributed by atoms with Gasteiger partial charge in [0.05, 0.1) is 17.8 Å². The van der Waals surface area contributed by atoms with Crippen molar-refractivity contribution in [2.45, 2.75) is 26.3 Å². The molecule has 1 fully saturated rings. The molecule has 7 nitrogen and oxygen atoms in total. The van der Waals surface area contributed by atoms with E-state index < -0.39 is 23.5 Å². The molecule has 0 radical (unpaired) electrons. The topological polar surface area (TPSA) is 80.1 Å². The summed E-state index contributed by atoms with van der Waals surface area (Å²) in [7, 11) is 0. The molecule has 2 amide bonds. The van der Waals surface area contributed by atoms with Crippen molar-refractivity contribution >= 4 is 23.2 Å². The molecule has 160 valence electrons. The molecule has 1 atom stereocenters. The summed E-state index contributed by atoms with van der Waals surface area (Å²) in [6, 6.07) is 10.0. The van der Waals surface area contributed by atoms with Crippen LogP contribution in [0.4, 0.5) is 20.2 Å². The standard InChI is InChI=1S/C22H21F2N5O2/c1-2-9-28-13-19(26-27-28)14-3-6-17(7-4-14)25-22(31)15-10-21(30)29(12-15)20-11-16(23)5-8-18(20)24/h3-8,11,13,15H,2,9-10,12H2,1H3,(H,25,31). The average Bonchev–Trinajstić information content (AvgIpc) is 3.37. The van der Waals surface area contributed by atoms with E-state index in [0.717, 1.165) is 47.3 Å². The lowest BCUT2D eigenvalue weighted by Crippen LogP contribution is -2.28. The zero-order chi connectivity index (χ0) is 22.0. The van der Waals surface area contributed by atoms with Crippen LogP contribution in [0.1, 0.15) is 19.8 Å². The first-order valence-corrected chi connectivity index (χ1v) is 10.0. The molecular weight excluding hydrogens is 404 g/mol. The van der Waals surface area contributed by atoms with E-state index in [1.54, 1.807) is 16.8 Å². The number of nitrogens with one attached hydrogen (secondary N) is 1. The maximum absolute atomic E-state index is 14.0. The van der Waals surface area contributed by atoms with Crippen LogP contribution in [0.2, 0.25) is 0 Å². The number of nitrogens with zero attached hydrogens (tertiary/aromatic N) is 4. The lowest BCUT2D eigenvalue weighted by molar-refractivity contribution is -0.122. The number of benzene rings is 2. The zero-order valence-electron chi connectivity index (χ0n) is 16.9. The van der Waals surface area contributed by atoms with Crippen LogP contribution < -0.4 is 10.2 Å². The largest absolute Gasteiger partial charge is 0.326 e. The van der Waals surface area contributed by atoms with E-state index in [9.17, 15) is 18.4 Å². The quantitative estimate of drug-likeness (QED) is 0.654. The first kappa shape index (κ1) is 20.6. The Balaban J connectivity index is 1.41. The lowest BCUT2D eigenvalue weighted by atomic mass is 10.1. The van der Waals surface area contributed by atoms with Crippen LogP contribution >= 0.6 is 0 Å². The number of aryl methyl sites for hydroxylation is 1. The van der Waals surface area contributed by atoms with Gasteiger partial charge in [0.2, 0.25) is 11.8 Å². The average molecular weight is 425 g/mol. The van der Waals surface area contributed by atoms with E-state index in [-0.39, 0.29) is 24.6 Å². The highest BCUT2D eigenvalue weighted by Crippen LogP contribution is 2.29. The molecular formula is C22H21F2N5O2. The molecule has 1 aliphatic heterocycles. The van der Waals surface area contributed by atoms with Gasteiger partial charge in [-0.25, -0.2) is 8.78 Å². The fourth-order valence-corrected chi connectivity index (χ4v) is 3.55. The molecule has 1 aromatic heterocycles. The van der Waals surface area contributed by atoms with Crippen LogP contribution in [0.5, 0.6) is 0 Å². The van der Waals surface area contributed by atoms with Gasteiger partial charge in [0.1, 0.15) is 17.3 Å². The number of halogens is 2. The molecule has 4 rings (SSSR count). The normalized spacial score (nSPS) is 16.0.